The van der Waals surface area contributed by atoms with Gasteiger partial charge in [-0.3, -0.25) is 9.59 Å². The average molecular weight is 698 g/mol. The fourth-order valence-electron chi connectivity index (χ4n) is 6.98. The number of oxazole rings is 1. The molecule has 0 bridgehead atoms. The molecule has 4 atom stereocenters. The van der Waals surface area contributed by atoms with Crippen LogP contribution in [0.5, 0.6) is 0 Å². The minimum Gasteiger partial charge on any atom is -0.453 e. The second kappa shape index (κ2) is 13.8. The Hall–Kier alpha value is -5.93. The molecule has 4 amide bonds. The van der Waals surface area contributed by atoms with E-state index in [-0.39, 0.29) is 23.9 Å². The number of carbonyl (C=O) groups is 4. The number of H-pyrrole nitrogens is 2. The molecule has 0 spiro atoms. The van der Waals surface area contributed by atoms with Gasteiger partial charge in [0.15, 0.2) is 5.76 Å². The molecule has 2 fully saturated rings. The maximum Gasteiger partial charge on any atom is 0.407 e. The summed E-state index contributed by atoms with van der Waals surface area (Å²) in [6.07, 6.45) is 3.45. The van der Waals surface area contributed by atoms with Crippen molar-refractivity contribution in [3.63, 3.8) is 0 Å². The fraction of sp³-hybridized carbons (Fsp3) is 0.400. The van der Waals surface area contributed by atoms with Crippen LogP contribution in [0.2, 0.25) is 0 Å². The van der Waals surface area contributed by atoms with Crippen LogP contribution in [0.15, 0.2) is 47.0 Å². The van der Waals surface area contributed by atoms with E-state index in [1.54, 1.807) is 29.8 Å². The van der Waals surface area contributed by atoms with Crippen LogP contribution in [0.3, 0.4) is 0 Å². The summed E-state index contributed by atoms with van der Waals surface area (Å²) in [5.41, 5.74) is 4.47. The van der Waals surface area contributed by atoms with Crippen LogP contribution < -0.4 is 10.6 Å². The van der Waals surface area contributed by atoms with Gasteiger partial charge in [-0.25, -0.2) is 24.5 Å². The number of imidazole rings is 2. The lowest BCUT2D eigenvalue weighted by atomic mass is 10.1. The summed E-state index contributed by atoms with van der Waals surface area (Å²) in [7, 11) is 2.52. The Morgan fingerprint density at radius 1 is 0.843 bits per heavy atom. The van der Waals surface area contributed by atoms with Crippen molar-refractivity contribution in [2.45, 2.75) is 63.7 Å². The number of nitrogens with one attached hydrogen (secondary N) is 4. The number of rotatable bonds is 8. The first-order valence-electron chi connectivity index (χ1n) is 16.9. The number of methoxy groups -OCH3 is 2. The van der Waals surface area contributed by atoms with Crippen molar-refractivity contribution in [2.75, 3.05) is 27.3 Å². The van der Waals surface area contributed by atoms with Gasteiger partial charge < -0.3 is 44.3 Å². The average Bonchev–Trinajstić information content (AvgIpc) is 3.98. The summed E-state index contributed by atoms with van der Waals surface area (Å²) in [5, 5.41) is 5.10. The van der Waals surface area contributed by atoms with Crippen molar-refractivity contribution in [1.82, 2.24) is 45.4 Å². The molecular weight excluding hydrogens is 658 g/mol. The molecule has 0 saturated carbocycles. The van der Waals surface area contributed by atoms with Crippen LogP contribution >= 0.6 is 0 Å². The van der Waals surface area contributed by atoms with Gasteiger partial charge in [0.25, 0.3) is 0 Å². The molecule has 0 aliphatic carbocycles. The highest BCUT2D eigenvalue weighted by atomic mass is 16.5. The molecule has 0 radical (unpaired) electrons. The Bertz CT molecular complexity index is 2120. The zero-order valence-electron chi connectivity index (χ0n) is 28.7. The van der Waals surface area contributed by atoms with E-state index in [1.807, 2.05) is 36.4 Å². The molecule has 4 N–H and O–H groups in total. The van der Waals surface area contributed by atoms with Crippen molar-refractivity contribution in [2.24, 2.45) is 0 Å². The molecule has 2 aliphatic heterocycles. The standard InChI is InChI=1S/C35H39N9O7/c1-18(37-34(47)49-3)32(45)43-14-6-10-25(43)29-39-22-13-12-20(16-24(22)41-29)27-17-36-31(51-27)21-8-5-9-23-28(21)42-30(40-23)26-11-7-15-44(26)33(46)19(2)38-35(48)50-4/h5,8-9,12-13,16-19,25-26H,6-7,10-11,14-15H2,1-4H3,(H,37,47)(H,38,48)(H,39,41)(H,40,42)/t18-,19-,25-,26-/m0/s1. The Morgan fingerprint density at radius 3 is 2.08 bits per heavy atom. The summed E-state index contributed by atoms with van der Waals surface area (Å²) in [6, 6.07) is 9.44. The van der Waals surface area contributed by atoms with E-state index < -0.39 is 24.3 Å². The lowest BCUT2D eigenvalue weighted by Gasteiger charge is -2.26. The number of likely N-dealkylation sites (tertiary alicyclic amines) is 2. The second-order valence-electron chi connectivity index (χ2n) is 12.8. The van der Waals surface area contributed by atoms with Crippen molar-refractivity contribution in [3.05, 3.63) is 54.2 Å². The van der Waals surface area contributed by atoms with E-state index in [9.17, 15) is 19.2 Å². The van der Waals surface area contributed by atoms with Gasteiger partial charge in [-0.1, -0.05) is 6.07 Å². The van der Waals surface area contributed by atoms with Crippen molar-refractivity contribution in [3.8, 4) is 22.8 Å². The first-order chi connectivity index (χ1) is 24.6. The van der Waals surface area contributed by atoms with Gasteiger partial charge in [0.1, 0.15) is 29.2 Å². The number of carbonyl (C=O) groups excluding carboxylic acids is 4. The molecule has 51 heavy (non-hydrogen) atoms. The minimum atomic E-state index is -0.747. The van der Waals surface area contributed by atoms with E-state index in [0.29, 0.717) is 47.5 Å². The van der Waals surface area contributed by atoms with Gasteiger partial charge in [0, 0.05) is 18.7 Å². The highest BCUT2D eigenvalue weighted by Crippen LogP contribution is 2.36. The zero-order valence-corrected chi connectivity index (χ0v) is 28.7. The number of hydrogen-bond donors (Lipinski definition) is 4. The normalized spacial score (nSPS) is 18.6. The predicted molar refractivity (Wildman–Crippen MR) is 184 cm³/mol. The fourth-order valence-corrected chi connectivity index (χ4v) is 6.98. The number of aromatic amines is 2. The Morgan fingerprint density at radius 2 is 1.45 bits per heavy atom. The number of para-hydroxylation sites is 1. The maximum absolute atomic E-state index is 13.2. The van der Waals surface area contributed by atoms with Crippen molar-refractivity contribution in [1.29, 1.82) is 0 Å². The third-order valence-electron chi connectivity index (χ3n) is 9.54. The van der Waals surface area contributed by atoms with Crippen LogP contribution in [-0.2, 0) is 19.1 Å². The van der Waals surface area contributed by atoms with E-state index in [0.717, 1.165) is 47.8 Å². The van der Waals surface area contributed by atoms with Gasteiger partial charge in [0.05, 0.1) is 54.6 Å². The van der Waals surface area contributed by atoms with Crippen LogP contribution in [0.1, 0.15) is 63.3 Å². The molecule has 266 valence electrons. The Kier molecular flexibility index (Phi) is 9.06. The van der Waals surface area contributed by atoms with E-state index in [1.165, 1.54) is 14.2 Å². The summed E-state index contributed by atoms with van der Waals surface area (Å²) in [5.74, 6) is 1.86. The largest absolute Gasteiger partial charge is 0.453 e. The predicted octanol–water partition coefficient (Wildman–Crippen LogP) is 4.58. The third kappa shape index (κ3) is 6.44. The molecule has 7 rings (SSSR count). The summed E-state index contributed by atoms with van der Waals surface area (Å²) in [4.78, 5) is 74.3. The van der Waals surface area contributed by atoms with Gasteiger partial charge in [-0.15, -0.1) is 0 Å². The second-order valence-corrected chi connectivity index (χ2v) is 12.8. The first kappa shape index (κ1) is 33.6. The van der Waals surface area contributed by atoms with Gasteiger partial charge in [0.2, 0.25) is 17.7 Å². The van der Waals surface area contributed by atoms with Crippen molar-refractivity contribution >= 4 is 46.1 Å². The Balaban J connectivity index is 1.11. The Labute approximate surface area is 292 Å². The summed E-state index contributed by atoms with van der Waals surface area (Å²) >= 11 is 0. The van der Waals surface area contributed by atoms with Crippen LogP contribution in [-0.4, -0.2) is 98.1 Å². The number of nitrogens with zero attached hydrogens (tertiary/aromatic N) is 5. The smallest absolute Gasteiger partial charge is 0.407 e. The zero-order chi connectivity index (χ0) is 35.8. The monoisotopic (exact) mass is 697 g/mol. The van der Waals surface area contributed by atoms with E-state index >= 15 is 0 Å². The van der Waals surface area contributed by atoms with E-state index in [4.69, 9.17) is 14.4 Å². The topological polar surface area (TPSA) is 201 Å². The molecule has 0 unspecified atom stereocenters. The third-order valence-corrected chi connectivity index (χ3v) is 9.54. The number of aromatic nitrogens is 5. The van der Waals surface area contributed by atoms with Crippen LogP contribution in [0.25, 0.3) is 44.8 Å². The first-order valence-corrected chi connectivity index (χ1v) is 16.9. The van der Waals surface area contributed by atoms with E-state index in [2.05, 4.69) is 35.1 Å². The number of hydrogen-bond acceptors (Lipinski definition) is 10. The summed E-state index contributed by atoms with van der Waals surface area (Å²) < 4.78 is 15.6. The van der Waals surface area contributed by atoms with Gasteiger partial charge in [-0.05, 0) is 69.9 Å². The molecule has 2 aliphatic rings. The molecule has 2 saturated heterocycles. The molecule has 5 heterocycles. The lowest BCUT2D eigenvalue weighted by Crippen LogP contribution is -2.46. The van der Waals surface area contributed by atoms with Crippen LogP contribution in [0, 0.1) is 0 Å². The quantitative estimate of drug-likeness (QED) is 0.178. The molecule has 5 aromatic rings. The number of amides is 4. The highest BCUT2D eigenvalue weighted by Gasteiger charge is 2.36. The number of alkyl carbamates (subject to hydrolysis) is 2. The maximum atomic E-state index is 13.2. The molecule has 3 aromatic heterocycles. The molecule has 16 nitrogen and oxygen atoms in total. The lowest BCUT2D eigenvalue weighted by molar-refractivity contribution is -0.134. The van der Waals surface area contributed by atoms with Crippen LogP contribution in [0.4, 0.5) is 9.59 Å². The minimum absolute atomic E-state index is 0.200. The van der Waals surface area contributed by atoms with Crippen molar-refractivity contribution < 1.29 is 33.1 Å². The highest BCUT2D eigenvalue weighted by molar-refractivity contribution is 5.91. The molecular formula is C35H39N9O7. The molecule has 2 aromatic carbocycles. The number of fused-ring (bicyclic) bond motifs is 2. The van der Waals surface area contributed by atoms with Gasteiger partial charge in [-0.2, -0.15) is 0 Å². The SMILES string of the molecule is COC(=O)N[C@@H](C)C(=O)N1CCC[C@H]1c1nc2ccc(-c3cnc(-c4cccc5[nH]c([C@@H]6CCCN6C(=O)[C@H](C)NC(=O)OC)nc45)o3)cc2[nH]1. The number of benzene rings is 2. The van der Waals surface area contributed by atoms with Gasteiger partial charge >= 0.3 is 12.2 Å². The molecule has 16 heteroatoms. The number of ether oxygens (including phenoxy) is 2. The summed E-state index contributed by atoms with van der Waals surface area (Å²) in [6.45, 7) is 4.39.